The second-order valence-corrected chi connectivity index (χ2v) is 5.88. The van der Waals surface area contributed by atoms with Crippen LogP contribution in [0.4, 0.5) is 0 Å². The van der Waals surface area contributed by atoms with E-state index in [4.69, 9.17) is 5.73 Å². The summed E-state index contributed by atoms with van der Waals surface area (Å²) in [5.74, 6) is 0. The highest BCUT2D eigenvalue weighted by atomic mass is 15.2. The van der Waals surface area contributed by atoms with E-state index in [0.717, 1.165) is 12.6 Å². The molecule has 1 aliphatic heterocycles. The van der Waals surface area contributed by atoms with Gasteiger partial charge in [0.15, 0.2) is 0 Å². The average molecular weight is 241 g/mol. The Morgan fingerprint density at radius 1 is 1.18 bits per heavy atom. The normalized spacial score (nSPS) is 20.1. The van der Waals surface area contributed by atoms with Crippen molar-refractivity contribution in [1.82, 2.24) is 9.80 Å². The Morgan fingerprint density at radius 2 is 1.71 bits per heavy atom. The minimum atomic E-state index is 0.352. The molecule has 1 heterocycles. The van der Waals surface area contributed by atoms with Crippen molar-refractivity contribution in [3.63, 3.8) is 0 Å². The summed E-state index contributed by atoms with van der Waals surface area (Å²) < 4.78 is 0. The van der Waals surface area contributed by atoms with Crippen molar-refractivity contribution in [3.8, 4) is 0 Å². The maximum Gasteiger partial charge on any atom is 0.0113 e. The van der Waals surface area contributed by atoms with E-state index in [0.29, 0.717) is 5.41 Å². The molecule has 3 heteroatoms. The number of hydrogen-bond donors (Lipinski definition) is 1. The molecule has 1 saturated heterocycles. The third-order valence-electron chi connectivity index (χ3n) is 4.78. The Kier molecular flexibility index (Phi) is 5.90. The molecule has 2 N–H and O–H groups in total. The molecule has 0 radical (unpaired) electrons. The summed E-state index contributed by atoms with van der Waals surface area (Å²) in [4.78, 5) is 4.99. The van der Waals surface area contributed by atoms with Gasteiger partial charge in [-0.3, -0.25) is 0 Å². The Bertz CT molecular complexity index is 195. The standard InChI is InChI=1S/C14H31N3/c1-5-14(6-2,11-15)12-17-9-7-13(8-10-17)16(3)4/h13H,5-12,15H2,1-4H3. The van der Waals surface area contributed by atoms with Crippen LogP contribution in [0.3, 0.4) is 0 Å². The molecule has 0 amide bonds. The molecule has 0 aliphatic carbocycles. The minimum Gasteiger partial charge on any atom is -0.330 e. The molecule has 0 aromatic carbocycles. The van der Waals surface area contributed by atoms with Gasteiger partial charge in [0.05, 0.1) is 0 Å². The third-order valence-corrected chi connectivity index (χ3v) is 4.78. The van der Waals surface area contributed by atoms with Crippen molar-refractivity contribution >= 4 is 0 Å². The van der Waals surface area contributed by atoms with Crippen molar-refractivity contribution < 1.29 is 0 Å². The number of nitrogens with two attached hydrogens (primary N) is 1. The van der Waals surface area contributed by atoms with Gasteiger partial charge in [-0.05, 0) is 64.8 Å². The fourth-order valence-electron chi connectivity index (χ4n) is 2.90. The van der Waals surface area contributed by atoms with E-state index >= 15 is 0 Å². The first-order valence-electron chi connectivity index (χ1n) is 7.15. The molecule has 0 atom stereocenters. The molecule has 17 heavy (non-hydrogen) atoms. The van der Waals surface area contributed by atoms with Crippen LogP contribution in [-0.4, -0.2) is 56.1 Å². The highest BCUT2D eigenvalue weighted by Crippen LogP contribution is 2.27. The smallest absolute Gasteiger partial charge is 0.0113 e. The maximum absolute atomic E-state index is 5.99. The van der Waals surface area contributed by atoms with E-state index in [1.807, 2.05) is 0 Å². The lowest BCUT2D eigenvalue weighted by Crippen LogP contribution is -2.48. The molecule has 0 saturated carbocycles. The zero-order chi connectivity index (χ0) is 12.9. The van der Waals surface area contributed by atoms with Gasteiger partial charge < -0.3 is 15.5 Å². The van der Waals surface area contributed by atoms with E-state index in [1.54, 1.807) is 0 Å². The predicted molar refractivity (Wildman–Crippen MR) is 75.2 cm³/mol. The fraction of sp³-hybridized carbons (Fsp3) is 1.00. The van der Waals surface area contributed by atoms with Gasteiger partial charge in [0.25, 0.3) is 0 Å². The molecule has 1 aliphatic rings. The summed E-state index contributed by atoms with van der Waals surface area (Å²) in [5, 5.41) is 0. The Labute approximate surface area is 107 Å². The lowest BCUT2D eigenvalue weighted by molar-refractivity contribution is 0.0918. The Balaban J connectivity index is 2.44. The van der Waals surface area contributed by atoms with Gasteiger partial charge in [-0.2, -0.15) is 0 Å². The van der Waals surface area contributed by atoms with Crippen LogP contribution in [0.2, 0.25) is 0 Å². The van der Waals surface area contributed by atoms with Gasteiger partial charge in [0, 0.05) is 12.6 Å². The maximum atomic E-state index is 5.99. The largest absolute Gasteiger partial charge is 0.330 e. The lowest BCUT2D eigenvalue weighted by Gasteiger charge is -2.41. The van der Waals surface area contributed by atoms with Gasteiger partial charge >= 0.3 is 0 Å². The van der Waals surface area contributed by atoms with Gasteiger partial charge in [0.2, 0.25) is 0 Å². The summed E-state index contributed by atoms with van der Waals surface area (Å²) in [7, 11) is 4.39. The van der Waals surface area contributed by atoms with E-state index in [1.165, 1.54) is 45.3 Å². The van der Waals surface area contributed by atoms with Crippen molar-refractivity contribution in [1.29, 1.82) is 0 Å². The molecule has 0 aromatic rings. The second-order valence-electron chi connectivity index (χ2n) is 5.88. The molecule has 0 bridgehead atoms. The summed E-state index contributed by atoms with van der Waals surface area (Å²) in [6, 6.07) is 0.779. The highest BCUT2D eigenvalue weighted by Gasteiger charge is 2.29. The first-order chi connectivity index (χ1) is 8.06. The predicted octanol–water partition coefficient (Wildman–Crippen LogP) is 1.78. The molecule has 1 fully saturated rings. The molecule has 3 nitrogen and oxygen atoms in total. The van der Waals surface area contributed by atoms with Crippen LogP contribution in [0, 0.1) is 5.41 Å². The number of hydrogen-bond acceptors (Lipinski definition) is 3. The summed E-state index contributed by atoms with van der Waals surface area (Å²) in [5.41, 5.74) is 6.34. The third kappa shape index (κ3) is 3.94. The van der Waals surface area contributed by atoms with E-state index in [9.17, 15) is 0 Å². The summed E-state index contributed by atoms with van der Waals surface area (Å²) >= 11 is 0. The zero-order valence-corrected chi connectivity index (χ0v) is 12.2. The number of nitrogens with zero attached hydrogens (tertiary/aromatic N) is 2. The Hall–Kier alpha value is -0.120. The van der Waals surface area contributed by atoms with Crippen molar-refractivity contribution in [3.05, 3.63) is 0 Å². The van der Waals surface area contributed by atoms with E-state index in [2.05, 4.69) is 37.7 Å². The first-order valence-corrected chi connectivity index (χ1v) is 7.15. The molecule has 0 unspecified atom stereocenters. The van der Waals surface area contributed by atoms with Gasteiger partial charge in [-0.25, -0.2) is 0 Å². The second kappa shape index (κ2) is 6.72. The van der Waals surface area contributed by atoms with Gasteiger partial charge in [-0.15, -0.1) is 0 Å². The van der Waals surface area contributed by atoms with Crippen molar-refractivity contribution in [2.75, 3.05) is 40.3 Å². The number of piperidine rings is 1. The SMILES string of the molecule is CCC(CC)(CN)CN1CCC(N(C)C)CC1. The van der Waals surface area contributed by atoms with Gasteiger partial charge in [0.1, 0.15) is 0 Å². The minimum absolute atomic E-state index is 0.352. The quantitative estimate of drug-likeness (QED) is 0.769. The summed E-state index contributed by atoms with van der Waals surface area (Å²) in [6.45, 7) is 9.06. The fourth-order valence-corrected chi connectivity index (χ4v) is 2.90. The topological polar surface area (TPSA) is 32.5 Å². The molecular weight excluding hydrogens is 210 g/mol. The Morgan fingerprint density at radius 3 is 2.06 bits per heavy atom. The molecule has 102 valence electrons. The van der Waals surface area contributed by atoms with Crippen LogP contribution in [0.1, 0.15) is 39.5 Å². The first kappa shape index (κ1) is 14.9. The lowest BCUT2D eigenvalue weighted by atomic mass is 9.81. The zero-order valence-electron chi connectivity index (χ0n) is 12.2. The van der Waals surface area contributed by atoms with Crippen LogP contribution < -0.4 is 5.73 Å². The van der Waals surface area contributed by atoms with Crippen molar-refractivity contribution in [2.45, 2.75) is 45.6 Å². The number of rotatable bonds is 6. The summed E-state index contributed by atoms with van der Waals surface area (Å²) in [6.07, 6.45) is 5.02. The van der Waals surface area contributed by atoms with E-state index in [-0.39, 0.29) is 0 Å². The molecule has 1 rings (SSSR count). The van der Waals surface area contributed by atoms with Crippen molar-refractivity contribution in [2.24, 2.45) is 11.1 Å². The highest BCUT2D eigenvalue weighted by molar-refractivity contribution is 4.85. The van der Waals surface area contributed by atoms with E-state index < -0.39 is 0 Å². The van der Waals surface area contributed by atoms with Crippen LogP contribution in [0.15, 0.2) is 0 Å². The molecular formula is C14H31N3. The monoisotopic (exact) mass is 241 g/mol. The van der Waals surface area contributed by atoms with Crippen LogP contribution in [0.25, 0.3) is 0 Å². The molecule has 0 spiro atoms. The average Bonchev–Trinajstić information content (AvgIpc) is 2.37. The number of likely N-dealkylation sites (tertiary alicyclic amines) is 1. The van der Waals surface area contributed by atoms with Crippen LogP contribution in [-0.2, 0) is 0 Å². The van der Waals surface area contributed by atoms with Gasteiger partial charge in [-0.1, -0.05) is 13.8 Å². The molecule has 0 aromatic heterocycles. The van der Waals surface area contributed by atoms with Crippen LogP contribution in [0.5, 0.6) is 0 Å². The van der Waals surface area contributed by atoms with Crippen LogP contribution >= 0.6 is 0 Å².